The lowest BCUT2D eigenvalue weighted by atomic mass is 10.4. The Hall–Kier alpha value is -0.120. The standard InChI is InChI=1S/C4H11NO.H3N/c1-3-4(6)5-2;/h4-6H,3H2,1-2H3;1H3. The summed E-state index contributed by atoms with van der Waals surface area (Å²) in [5.41, 5.74) is 0. The molecule has 0 saturated carbocycles. The third-order valence-electron chi connectivity index (χ3n) is 0.720. The van der Waals surface area contributed by atoms with E-state index in [1.54, 1.807) is 7.05 Å². The van der Waals surface area contributed by atoms with Crippen LogP contribution in [0.5, 0.6) is 0 Å². The lowest BCUT2D eigenvalue weighted by Crippen LogP contribution is -2.22. The third kappa shape index (κ3) is 5.88. The Balaban J connectivity index is 0. The van der Waals surface area contributed by atoms with Crippen LogP contribution in [0.4, 0.5) is 0 Å². The van der Waals surface area contributed by atoms with Gasteiger partial charge in [-0.05, 0) is 13.5 Å². The van der Waals surface area contributed by atoms with Crippen LogP contribution in [0.3, 0.4) is 0 Å². The molecule has 0 amide bonds. The highest BCUT2D eigenvalue weighted by molar-refractivity contribution is 4.38. The number of rotatable bonds is 2. The minimum absolute atomic E-state index is 0. The molecular weight excluding hydrogens is 92.1 g/mol. The Morgan fingerprint density at radius 3 is 2.14 bits per heavy atom. The van der Waals surface area contributed by atoms with Gasteiger partial charge in [-0.25, -0.2) is 0 Å². The maximum Gasteiger partial charge on any atom is 0.104 e. The molecule has 0 aromatic carbocycles. The van der Waals surface area contributed by atoms with E-state index < -0.39 is 0 Å². The number of nitrogens with one attached hydrogen (secondary N) is 1. The molecule has 0 aliphatic heterocycles. The highest BCUT2D eigenvalue weighted by atomic mass is 16.3. The number of aliphatic hydroxyl groups excluding tert-OH is 1. The van der Waals surface area contributed by atoms with Gasteiger partial charge in [0.25, 0.3) is 0 Å². The molecule has 5 N–H and O–H groups in total. The van der Waals surface area contributed by atoms with Gasteiger partial charge in [-0.15, -0.1) is 0 Å². The molecule has 0 saturated heterocycles. The van der Waals surface area contributed by atoms with E-state index in [9.17, 15) is 0 Å². The van der Waals surface area contributed by atoms with E-state index in [1.807, 2.05) is 6.92 Å². The molecule has 7 heavy (non-hydrogen) atoms. The van der Waals surface area contributed by atoms with Gasteiger partial charge in [-0.1, -0.05) is 6.92 Å². The topological polar surface area (TPSA) is 67.3 Å². The maximum atomic E-state index is 8.56. The lowest BCUT2D eigenvalue weighted by molar-refractivity contribution is 0.143. The predicted molar refractivity (Wildman–Crippen MR) is 30.4 cm³/mol. The van der Waals surface area contributed by atoms with Crippen LogP contribution in [0.1, 0.15) is 13.3 Å². The summed E-state index contributed by atoms with van der Waals surface area (Å²) >= 11 is 0. The first-order valence-corrected chi connectivity index (χ1v) is 2.16. The molecule has 0 heterocycles. The predicted octanol–water partition coefficient (Wildman–Crippen LogP) is 0.0962. The fourth-order valence-electron chi connectivity index (χ4n) is 0.204. The zero-order valence-electron chi connectivity index (χ0n) is 4.94. The molecule has 0 aromatic rings. The van der Waals surface area contributed by atoms with Crippen molar-refractivity contribution >= 4 is 0 Å². The van der Waals surface area contributed by atoms with Crippen LogP contribution in [0.2, 0.25) is 0 Å². The van der Waals surface area contributed by atoms with Gasteiger partial charge in [-0.2, -0.15) is 0 Å². The summed E-state index contributed by atoms with van der Waals surface area (Å²) in [6, 6.07) is 0. The van der Waals surface area contributed by atoms with Crippen molar-refractivity contribution in [1.29, 1.82) is 0 Å². The minimum Gasteiger partial charge on any atom is -0.379 e. The minimum atomic E-state index is -0.315. The maximum absolute atomic E-state index is 8.56. The zero-order chi connectivity index (χ0) is 4.99. The van der Waals surface area contributed by atoms with Gasteiger partial charge in [0.1, 0.15) is 6.23 Å². The first-order valence-electron chi connectivity index (χ1n) is 2.16. The summed E-state index contributed by atoms with van der Waals surface area (Å²) < 4.78 is 0. The van der Waals surface area contributed by atoms with E-state index >= 15 is 0 Å². The van der Waals surface area contributed by atoms with Crippen LogP contribution in [-0.2, 0) is 0 Å². The molecule has 0 aliphatic carbocycles. The average Bonchev–Trinajstić information content (AvgIpc) is 1.65. The van der Waals surface area contributed by atoms with Crippen LogP contribution in [-0.4, -0.2) is 18.4 Å². The van der Waals surface area contributed by atoms with Crippen molar-refractivity contribution in [3.63, 3.8) is 0 Å². The van der Waals surface area contributed by atoms with E-state index in [1.165, 1.54) is 0 Å². The number of hydrogen-bond acceptors (Lipinski definition) is 3. The van der Waals surface area contributed by atoms with Crippen molar-refractivity contribution < 1.29 is 5.11 Å². The molecule has 0 fully saturated rings. The van der Waals surface area contributed by atoms with Crippen LogP contribution in [0.25, 0.3) is 0 Å². The van der Waals surface area contributed by atoms with Crippen LogP contribution >= 0.6 is 0 Å². The zero-order valence-corrected chi connectivity index (χ0v) is 4.94. The van der Waals surface area contributed by atoms with Gasteiger partial charge in [0.05, 0.1) is 0 Å². The summed E-state index contributed by atoms with van der Waals surface area (Å²) in [6.45, 7) is 1.92. The van der Waals surface area contributed by atoms with Gasteiger partial charge in [-0.3, -0.25) is 5.32 Å². The highest BCUT2D eigenvalue weighted by Crippen LogP contribution is 1.77. The number of hydrogen-bond donors (Lipinski definition) is 3. The fraction of sp³-hybridized carbons (Fsp3) is 1.00. The molecule has 0 bridgehead atoms. The summed E-state index contributed by atoms with van der Waals surface area (Å²) in [4.78, 5) is 0. The summed E-state index contributed by atoms with van der Waals surface area (Å²) in [6.07, 6.45) is 0.459. The highest BCUT2D eigenvalue weighted by Gasteiger charge is 1.88. The molecule has 0 aliphatic rings. The van der Waals surface area contributed by atoms with E-state index in [-0.39, 0.29) is 12.4 Å². The van der Waals surface area contributed by atoms with Gasteiger partial charge in [0, 0.05) is 0 Å². The normalized spacial score (nSPS) is 12.4. The molecule has 3 heteroatoms. The Kier molecular flexibility index (Phi) is 8.39. The third-order valence-corrected chi connectivity index (χ3v) is 0.720. The Bertz CT molecular complexity index is 28.9. The molecule has 3 nitrogen and oxygen atoms in total. The monoisotopic (exact) mass is 106 g/mol. The van der Waals surface area contributed by atoms with Crippen molar-refractivity contribution in [2.45, 2.75) is 19.6 Å². The van der Waals surface area contributed by atoms with E-state index in [0.717, 1.165) is 6.42 Å². The van der Waals surface area contributed by atoms with Gasteiger partial charge in [0.15, 0.2) is 0 Å². The van der Waals surface area contributed by atoms with Crippen LogP contribution < -0.4 is 11.5 Å². The van der Waals surface area contributed by atoms with Crippen molar-refractivity contribution in [3.8, 4) is 0 Å². The molecule has 1 unspecified atom stereocenters. The molecular formula is C4H14N2O. The smallest absolute Gasteiger partial charge is 0.104 e. The van der Waals surface area contributed by atoms with E-state index in [4.69, 9.17) is 5.11 Å². The Labute approximate surface area is 44.3 Å². The first kappa shape index (κ1) is 9.99. The van der Waals surface area contributed by atoms with Gasteiger partial charge in [0.2, 0.25) is 0 Å². The van der Waals surface area contributed by atoms with Gasteiger partial charge >= 0.3 is 0 Å². The van der Waals surface area contributed by atoms with Crippen molar-refractivity contribution in [2.24, 2.45) is 0 Å². The fourth-order valence-corrected chi connectivity index (χ4v) is 0.204. The van der Waals surface area contributed by atoms with Crippen molar-refractivity contribution in [1.82, 2.24) is 11.5 Å². The molecule has 0 radical (unpaired) electrons. The van der Waals surface area contributed by atoms with E-state index in [0.29, 0.717) is 0 Å². The average molecular weight is 106 g/mol. The van der Waals surface area contributed by atoms with Crippen LogP contribution in [0.15, 0.2) is 0 Å². The Morgan fingerprint density at radius 1 is 1.71 bits per heavy atom. The van der Waals surface area contributed by atoms with Gasteiger partial charge < -0.3 is 11.3 Å². The summed E-state index contributed by atoms with van der Waals surface area (Å²) in [5.74, 6) is 0. The van der Waals surface area contributed by atoms with Crippen LogP contribution in [0, 0.1) is 0 Å². The number of aliphatic hydroxyl groups is 1. The molecule has 0 aromatic heterocycles. The molecule has 46 valence electrons. The van der Waals surface area contributed by atoms with Crippen molar-refractivity contribution in [2.75, 3.05) is 7.05 Å². The second-order valence-corrected chi connectivity index (χ2v) is 1.21. The quantitative estimate of drug-likeness (QED) is 0.437. The van der Waals surface area contributed by atoms with E-state index in [2.05, 4.69) is 5.32 Å². The second-order valence-electron chi connectivity index (χ2n) is 1.21. The molecule has 0 spiro atoms. The molecule has 1 atom stereocenters. The largest absolute Gasteiger partial charge is 0.379 e. The lowest BCUT2D eigenvalue weighted by Gasteiger charge is -2.01. The summed E-state index contributed by atoms with van der Waals surface area (Å²) in [5, 5.41) is 11.2. The first-order chi connectivity index (χ1) is 2.81. The van der Waals surface area contributed by atoms with Crippen molar-refractivity contribution in [3.05, 3.63) is 0 Å². The molecule has 0 rings (SSSR count). The SMILES string of the molecule is CCC(O)NC.N. The second kappa shape index (κ2) is 5.88. The Morgan fingerprint density at radius 2 is 2.14 bits per heavy atom. The summed E-state index contributed by atoms with van der Waals surface area (Å²) in [7, 11) is 1.73.